The van der Waals surface area contributed by atoms with E-state index in [-0.39, 0.29) is 11.4 Å². The molecule has 1 heterocycles. The Bertz CT molecular complexity index is 918. The normalized spacial score (nSPS) is 10.7. The highest BCUT2D eigenvalue weighted by atomic mass is 16.2. The summed E-state index contributed by atoms with van der Waals surface area (Å²) in [5.41, 5.74) is 13.7. The third-order valence-electron chi connectivity index (χ3n) is 3.86. The Balaban J connectivity index is 1.79. The highest BCUT2D eigenvalue weighted by Gasteiger charge is 2.17. The van der Waals surface area contributed by atoms with Gasteiger partial charge in [-0.1, -0.05) is 42.5 Å². The van der Waals surface area contributed by atoms with Crippen LogP contribution in [0.2, 0.25) is 0 Å². The molecule has 0 radical (unpaired) electrons. The summed E-state index contributed by atoms with van der Waals surface area (Å²) >= 11 is 0. The fraction of sp³-hybridized carbons (Fsp3) is 0.111. The number of amides is 3. The molecule has 0 saturated carbocycles. The number of anilines is 1. The van der Waals surface area contributed by atoms with Crippen molar-refractivity contribution in [3.63, 3.8) is 0 Å². The van der Waals surface area contributed by atoms with Gasteiger partial charge in [-0.05, 0) is 17.2 Å². The summed E-state index contributed by atoms with van der Waals surface area (Å²) in [7, 11) is 0. The summed E-state index contributed by atoms with van der Waals surface area (Å²) in [5, 5.41) is 6.40. The first-order valence-corrected chi connectivity index (χ1v) is 7.80. The standard InChI is InChI=1S/C18H19N5O2/c19-16(24)15-13-7-6-12(8-14(13)22-17(15)23-18(20)25)10-21-9-11-4-2-1-3-5-11/h1-8,21-22H,9-10H2,(H2,19,24)(H3,20,23,25). The van der Waals surface area contributed by atoms with Crippen LogP contribution in [-0.4, -0.2) is 16.9 Å². The minimum absolute atomic E-state index is 0.212. The monoisotopic (exact) mass is 337 g/mol. The number of nitrogens with one attached hydrogen (secondary N) is 3. The van der Waals surface area contributed by atoms with Crippen molar-refractivity contribution >= 4 is 28.7 Å². The second-order valence-corrected chi connectivity index (χ2v) is 5.70. The maximum atomic E-state index is 11.7. The molecule has 0 saturated heterocycles. The molecule has 3 amide bonds. The van der Waals surface area contributed by atoms with Gasteiger partial charge in [-0.3, -0.25) is 10.1 Å². The molecule has 0 aliphatic heterocycles. The van der Waals surface area contributed by atoms with Gasteiger partial charge in [0.2, 0.25) is 0 Å². The third kappa shape index (κ3) is 3.78. The van der Waals surface area contributed by atoms with Crippen molar-refractivity contribution in [2.75, 3.05) is 5.32 Å². The van der Waals surface area contributed by atoms with Crippen molar-refractivity contribution < 1.29 is 9.59 Å². The summed E-state index contributed by atoms with van der Waals surface area (Å²) < 4.78 is 0. The quantitative estimate of drug-likeness (QED) is 0.472. The summed E-state index contributed by atoms with van der Waals surface area (Å²) in [6.07, 6.45) is 0. The summed E-state index contributed by atoms with van der Waals surface area (Å²) in [4.78, 5) is 25.8. The number of rotatable bonds is 6. The molecular weight excluding hydrogens is 318 g/mol. The Morgan fingerprint density at radius 1 is 0.960 bits per heavy atom. The molecule has 0 atom stereocenters. The van der Waals surface area contributed by atoms with E-state index in [0.717, 1.165) is 12.1 Å². The predicted molar refractivity (Wildman–Crippen MR) is 97.0 cm³/mol. The molecule has 0 unspecified atom stereocenters. The van der Waals surface area contributed by atoms with E-state index in [1.165, 1.54) is 5.56 Å². The van der Waals surface area contributed by atoms with E-state index >= 15 is 0 Å². The van der Waals surface area contributed by atoms with E-state index in [9.17, 15) is 9.59 Å². The minimum Gasteiger partial charge on any atom is -0.365 e. The number of hydrogen-bond donors (Lipinski definition) is 5. The van der Waals surface area contributed by atoms with Crippen LogP contribution in [0.25, 0.3) is 10.9 Å². The van der Waals surface area contributed by atoms with Crippen LogP contribution in [0.3, 0.4) is 0 Å². The van der Waals surface area contributed by atoms with E-state index in [0.29, 0.717) is 17.4 Å². The summed E-state index contributed by atoms with van der Waals surface area (Å²) in [5.74, 6) is -0.422. The zero-order valence-electron chi connectivity index (χ0n) is 13.5. The summed E-state index contributed by atoms with van der Waals surface area (Å²) in [6, 6.07) is 15.0. The van der Waals surface area contributed by atoms with Gasteiger partial charge in [0.15, 0.2) is 0 Å². The molecule has 1 aromatic heterocycles. The lowest BCUT2D eigenvalue weighted by Crippen LogP contribution is -2.22. The lowest BCUT2D eigenvalue weighted by Gasteiger charge is -2.05. The number of hydrogen-bond acceptors (Lipinski definition) is 3. The Morgan fingerprint density at radius 3 is 2.36 bits per heavy atom. The molecule has 7 N–H and O–H groups in total. The van der Waals surface area contributed by atoms with Crippen LogP contribution < -0.4 is 22.1 Å². The fourth-order valence-corrected chi connectivity index (χ4v) is 2.77. The lowest BCUT2D eigenvalue weighted by atomic mass is 10.1. The Morgan fingerprint density at radius 2 is 1.68 bits per heavy atom. The van der Waals surface area contributed by atoms with Crippen molar-refractivity contribution in [3.8, 4) is 0 Å². The van der Waals surface area contributed by atoms with Crippen molar-refractivity contribution in [1.82, 2.24) is 10.3 Å². The van der Waals surface area contributed by atoms with Crippen molar-refractivity contribution in [3.05, 3.63) is 65.2 Å². The van der Waals surface area contributed by atoms with Crippen molar-refractivity contribution in [2.45, 2.75) is 13.1 Å². The molecule has 0 aliphatic carbocycles. The number of carbonyl (C=O) groups excluding carboxylic acids is 2. The first kappa shape index (κ1) is 16.5. The maximum Gasteiger partial charge on any atom is 0.317 e. The molecule has 2 aromatic carbocycles. The number of aromatic amines is 1. The molecule has 0 bridgehead atoms. The van der Waals surface area contributed by atoms with Gasteiger partial charge in [0.05, 0.1) is 5.56 Å². The topological polar surface area (TPSA) is 126 Å². The van der Waals surface area contributed by atoms with Gasteiger partial charge in [0, 0.05) is 24.0 Å². The van der Waals surface area contributed by atoms with Crippen molar-refractivity contribution in [2.24, 2.45) is 11.5 Å². The fourth-order valence-electron chi connectivity index (χ4n) is 2.77. The zero-order valence-corrected chi connectivity index (χ0v) is 13.5. The largest absolute Gasteiger partial charge is 0.365 e. The van der Waals surface area contributed by atoms with Crippen LogP contribution in [0, 0.1) is 0 Å². The molecule has 0 aliphatic rings. The molecule has 0 fully saturated rings. The van der Waals surface area contributed by atoms with Gasteiger partial charge in [-0.2, -0.15) is 0 Å². The van der Waals surface area contributed by atoms with E-state index in [4.69, 9.17) is 11.5 Å². The average Bonchev–Trinajstić information content (AvgIpc) is 2.92. The van der Waals surface area contributed by atoms with Crippen LogP contribution in [-0.2, 0) is 13.1 Å². The number of H-pyrrole nitrogens is 1. The van der Waals surface area contributed by atoms with Crippen LogP contribution in [0.15, 0.2) is 48.5 Å². The number of carbonyl (C=O) groups is 2. The van der Waals surface area contributed by atoms with Gasteiger partial charge in [-0.25, -0.2) is 4.79 Å². The molecule has 7 heteroatoms. The molecule has 7 nitrogen and oxygen atoms in total. The van der Waals surface area contributed by atoms with Gasteiger partial charge in [0.1, 0.15) is 5.82 Å². The van der Waals surface area contributed by atoms with E-state index in [1.54, 1.807) is 6.07 Å². The van der Waals surface area contributed by atoms with Crippen LogP contribution in [0.5, 0.6) is 0 Å². The number of nitrogens with two attached hydrogens (primary N) is 2. The SMILES string of the molecule is NC(=O)Nc1[nH]c2cc(CNCc3ccccc3)ccc2c1C(N)=O. The minimum atomic E-state index is -0.765. The van der Waals surface area contributed by atoms with E-state index in [1.807, 2.05) is 30.3 Å². The molecule has 25 heavy (non-hydrogen) atoms. The highest BCUT2D eigenvalue weighted by Crippen LogP contribution is 2.26. The highest BCUT2D eigenvalue weighted by molar-refractivity contribution is 6.12. The smallest absolute Gasteiger partial charge is 0.317 e. The number of aromatic nitrogens is 1. The third-order valence-corrected chi connectivity index (χ3v) is 3.86. The Hall–Kier alpha value is -3.32. The predicted octanol–water partition coefficient (Wildman–Crippen LogP) is 2.05. The molecule has 128 valence electrons. The molecule has 0 spiro atoms. The zero-order chi connectivity index (χ0) is 17.8. The van der Waals surface area contributed by atoms with Crippen molar-refractivity contribution in [1.29, 1.82) is 0 Å². The number of fused-ring (bicyclic) bond motifs is 1. The molecule has 3 rings (SSSR count). The Kier molecular flexibility index (Phi) is 4.67. The van der Waals surface area contributed by atoms with E-state index in [2.05, 4.69) is 27.8 Å². The van der Waals surface area contributed by atoms with E-state index < -0.39 is 11.9 Å². The van der Waals surface area contributed by atoms with Crippen LogP contribution in [0.4, 0.5) is 10.6 Å². The first-order chi connectivity index (χ1) is 12.0. The first-order valence-electron chi connectivity index (χ1n) is 7.80. The number of benzene rings is 2. The van der Waals surface area contributed by atoms with Crippen LogP contribution in [0.1, 0.15) is 21.5 Å². The number of primary amides is 2. The molecular formula is C18H19N5O2. The second kappa shape index (κ2) is 7.06. The van der Waals surface area contributed by atoms with Gasteiger partial charge >= 0.3 is 6.03 Å². The average molecular weight is 337 g/mol. The number of urea groups is 1. The Labute approximate surface area is 144 Å². The summed E-state index contributed by atoms with van der Waals surface area (Å²) in [6.45, 7) is 1.42. The lowest BCUT2D eigenvalue weighted by molar-refractivity contribution is 0.100. The van der Waals surface area contributed by atoms with Gasteiger partial charge in [-0.15, -0.1) is 0 Å². The maximum absolute atomic E-state index is 11.7. The second-order valence-electron chi connectivity index (χ2n) is 5.70. The van der Waals surface area contributed by atoms with Gasteiger partial charge in [0.25, 0.3) is 5.91 Å². The van der Waals surface area contributed by atoms with Gasteiger partial charge < -0.3 is 21.8 Å². The molecule has 3 aromatic rings. The van der Waals surface area contributed by atoms with Crippen LogP contribution >= 0.6 is 0 Å².